The Kier molecular flexibility index (Phi) is 5.12. The molecule has 0 saturated carbocycles. The van der Waals surface area contributed by atoms with Gasteiger partial charge in [-0.15, -0.1) is 11.3 Å². The second kappa shape index (κ2) is 6.87. The van der Waals surface area contributed by atoms with Crippen molar-refractivity contribution in [1.82, 2.24) is 14.8 Å². The van der Waals surface area contributed by atoms with Crippen molar-refractivity contribution < 1.29 is 19.5 Å². The van der Waals surface area contributed by atoms with Crippen LogP contribution in [0.3, 0.4) is 0 Å². The number of likely N-dealkylation sites (tertiary alicyclic amines) is 1. The Balaban J connectivity index is 1.95. The molecule has 22 heavy (non-hydrogen) atoms. The maximum atomic E-state index is 12.3. The molecule has 8 heteroatoms. The fraction of sp³-hybridized carbons (Fsp3) is 0.571. The minimum Gasteiger partial charge on any atom is -0.481 e. The summed E-state index contributed by atoms with van der Waals surface area (Å²) in [5, 5.41) is 9.06. The molecule has 1 aromatic heterocycles. The number of hydrogen-bond acceptors (Lipinski definition) is 5. The number of aliphatic carboxylic acids is 1. The molecule has 0 aliphatic carbocycles. The van der Waals surface area contributed by atoms with Crippen LogP contribution in [-0.2, 0) is 9.59 Å². The van der Waals surface area contributed by atoms with E-state index in [0.29, 0.717) is 30.0 Å². The number of carboxylic acids is 1. The predicted octanol–water partition coefficient (Wildman–Crippen LogP) is 0.847. The van der Waals surface area contributed by atoms with E-state index in [1.165, 1.54) is 21.1 Å². The Labute approximate surface area is 132 Å². The molecule has 2 amide bonds. The molecule has 120 valence electrons. The zero-order valence-corrected chi connectivity index (χ0v) is 13.4. The lowest BCUT2D eigenvalue weighted by molar-refractivity contribution is -0.145. The molecule has 0 bridgehead atoms. The van der Waals surface area contributed by atoms with Crippen LogP contribution in [0, 0.1) is 12.8 Å². The lowest BCUT2D eigenvalue weighted by Gasteiger charge is -2.32. The quantitative estimate of drug-likeness (QED) is 0.886. The lowest BCUT2D eigenvalue weighted by atomic mass is 9.98. The summed E-state index contributed by atoms with van der Waals surface area (Å²) >= 11 is 1.25. The molecular formula is C14H19N3O4S. The molecule has 0 radical (unpaired) electrons. The van der Waals surface area contributed by atoms with Crippen LogP contribution in [0.15, 0.2) is 5.51 Å². The van der Waals surface area contributed by atoms with Crippen molar-refractivity contribution in [3.63, 3.8) is 0 Å². The number of piperidine rings is 1. The minimum atomic E-state index is -0.873. The van der Waals surface area contributed by atoms with Crippen LogP contribution >= 0.6 is 11.3 Å². The molecule has 1 fully saturated rings. The molecule has 1 saturated heterocycles. The fourth-order valence-electron chi connectivity index (χ4n) is 2.46. The van der Waals surface area contributed by atoms with Crippen LogP contribution in [0.1, 0.15) is 28.2 Å². The molecule has 0 spiro atoms. The van der Waals surface area contributed by atoms with Gasteiger partial charge in [0.25, 0.3) is 5.91 Å². The lowest BCUT2D eigenvalue weighted by Crippen LogP contribution is -2.46. The van der Waals surface area contributed by atoms with Gasteiger partial charge in [0.1, 0.15) is 4.88 Å². The van der Waals surface area contributed by atoms with Gasteiger partial charge in [0.15, 0.2) is 0 Å². The van der Waals surface area contributed by atoms with Gasteiger partial charge < -0.3 is 14.9 Å². The van der Waals surface area contributed by atoms with E-state index in [1.54, 1.807) is 19.5 Å². The number of aryl methyl sites for hydroxylation is 1. The Morgan fingerprint density at radius 2 is 2.23 bits per heavy atom. The number of hydrogen-bond donors (Lipinski definition) is 1. The largest absolute Gasteiger partial charge is 0.481 e. The van der Waals surface area contributed by atoms with E-state index < -0.39 is 11.9 Å². The van der Waals surface area contributed by atoms with E-state index in [0.717, 1.165) is 0 Å². The average molecular weight is 325 g/mol. The van der Waals surface area contributed by atoms with Crippen LogP contribution in [-0.4, -0.2) is 64.4 Å². The summed E-state index contributed by atoms with van der Waals surface area (Å²) in [6.07, 6.45) is 1.27. The van der Waals surface area contributed by atoms with E-state index in [9.17, 15) is 14.4 Å². The van der Waals surface area contributed by atoms with E-state index in [-0.39, 0.29) is 24.9 Å². The first kappa shape index (κ1) is 16.4. The third-order valence-corrected chi connectivity index (χ3v) is 4.70. The van der Waals surface area contributed by atoms with Gasteiger partial charge in [0.05, 0.1) is 23.7 Å². The van der Waals surface area contributed by atoms with Gasteiger partial charge in [-0.3, -0.25) is 14.4 Å². The smallest absolute Gasteiger partial charge is 0.308 e. The average Bonchev–Trinajstić information content (AvgIpc) is 2.92. The van der Waals surface area contributed by atoms with Crippen molar-refractivity contribution in [2.75, 3.05) is 26.7 Å². The van der Waals surface area contributed by atoms with Crippen molar-refractivity contribution in [3.05, 3.63) is 16.1 Å². The summed E-state index contributed by atoms with van der Waals surface area (Å²) in [7, 11) is 1.57. The summed E-state index contributed by atoms with van der Waals surface area (Å²) < 4.78 is 0. The molecule has 1 aromatic rings. The van der Waals surface area contributed by atoms with Crippen LogP contribution in [0.4, 0.5) is 0 Å². The summed E-state index contributed by atoms with van der Waals surface area (Å²) in [5.74, 6) is -1.84. The number of carbonyl (C=O) groups excluding carboxylic acids is 2. The molecule has 0 aromatic carbocycles. The molecule has 2 rings (SSSR count). The Hall–Kier alpha value is -1.96. The zero-order valence-electron chi connectivity index (χ0n) is 12.6. The summed E-state index contributed by atoms with van der Waals surface area (Å²) in [6.45, 7) is 2.46. The Bertz CT molecular complexity index is 586. The van der Waals surface area contributed by atoms with Gasteiger partial charge >= 0.3 is 5.97 Å². The standard InChI is InChI=1S/C14H19N3O4S/c1-9-12(22-8-15-9)13(19)16(2)7-11(18)17-5-3-4-10(6-17)14(20)21/h8,10H,3-7H2,1-2H3,(H,20,21)/t10-/m1/s1. The van der Waals surface area contributed by atoms with Crippen molar-refractivity contribution >= 4 is 29.1 Å². The zero-order chi connectivity index (χ0) is 16.3. The van der Waals surface area contributed by atoms with Crippen LogP contribution < -0.4 is 0 Å². The SMILES string of the molecule is Cc1ncsc1C(=O)N(C)CC(=O)N1CCC[C@@H](C(=O)O)C1. The van der Waals surface area contributed by atoms with E-state index in [2.05, 4.69) is 4.98 Å². The van der Waals surface area contributed by atoms with Gasteiger partial charge in [-0.1, -0.05) is 0 Å². The highest BCUT2D eigenvalue weighted by Crippen LogP contribution is 2.18. The van der Waals surface area contributed by atoms with Gasteiger partial charge in [-0.25, -0.2) is 4.98 Å². The van der Waals surface area contributed by atoms with Crippen LogP contribution in [0.5, 0.6) is 0 Å². The third kappa shape index (κ3) is 3.62. The molecule has 1 aliphatic rings. The second-order valence-electron chi connectivity index (χ2n) is 5.45. The molecule has 1 N–H and O–H groups in total. The highest BCUT2D eigenvalue weighted by atomic mass is 32.1. The minimum absolute atomic E-state index is 0.0531. The number of amides is 2. The van der Waals surface area contributed by atoms with Crippen molar-refractivity contribution in [2.24, 2.45) is 5.92 Å². The second-order valence-corrected chi connectivity index (χ2v) is 6.30. The highest BCUT2D eigenvalue weighted by molar-refractivity contribution is 7.11. The maximum absolute atomic E-state index is 12.3. The van der Waals surface area contributed by atoms with Gasteiger partial charge in [0.2, 0.25) is 5.91 Å². The van der Waals surface area contributed by atoms with Crippen molar-refractivity contribution in [2.45, 2.75) is 19.8 Å². The Morgan fingerprint density at radius 3 is 2.82 bits per heavy atom. The van der Waals surface area contributed by atoms with Gasteiger partial charge in [0, 0.05) is 20.1 Å². The number of aromatic nitrogens is 1. The van der Waals surface area contributed by atoms with Gasteiger partial charge in [-0.05, 0) is 19.8 Å². The van der Waals surface area contributed by atoms with Crippen molar-refractivity contribution in [1.29, 1.82) is 0 Å². The number of likely N-dealkylation sites (N-methyl/N-ethyl adjacent to an activating group) is 1. The van der Waals surface area contributed by atoms with Crippen LogP contribution in [0.25, 0.3) is 0 Å². The fourth-order valence-corrected chi connectivity index (χ4v) is 3.26. The monoisotopic (exact) mass is 325 g/mol. The molecule has 0 unspecified atom stereocenters. The third-order valence-electron chi connectivity index (χ3n) is 3.78. The van der Waals surface area contributed by atoms with Crippen LogP contribution in [0.2, 0.25) is 0 Å². The first-order valence-corrected chi connectivity index (χ1v) is 7.94. The maximum Gasteiger partial charge on any atom is 0.308 e. The number of carbonyl (C=O) groups is 3. The predicted molar refractivity (Wildman–Crippen MR) is 80.8 cm³/mol. The molecule has 1 atom stereocenters. The summed E-state index contributed by atoms with van der Waals surface area (Å²) in [5.41, 5.74) is 2.25. The van der Waals surface area contributed by atoms with E-state index in [1.807, 2.05) is 0 Å². The van der Waals surface area contributed by atoms with Crippen molar-refractivity contribution in [3.8, 4) is 0 Å². The number of thiazole rings is 1. The van der Waals surface area contributed by atoms with E-state index in [4.69, 9.17) is 5.11 Å². The summed E-state index contributed by atoms with van der Waals surface area (Å²) in [4.78, 5) is 43.0. The number of rotatable bonds is 4. The Morgan fingerprint density at radius 1 is 1.50 bits per heavy atom. The van der Waals surface area contributed by atoms with Gasteiger partial charge in [-0.2, -0.15) is 0 Å². The first-order chi connectivity index (χ1) is 10.4. The molecular weight excluding hydrogens is 306 g/mol. The van der Waals surface area contributed by atoms with E-state index >= 15 is 0 Å². The number of carboxylic acid groups (broad SMARTS) is 1. The molecule has 7 nitrogen and oxygen atoms in total. The molecule has 2 heterocycles. The topological polar surface area (TPSA) is 90.8 Å². The normalized spacial score (nSPS) is 18.1. The molecule has 1 aliphatic heterocycles. The first-order valence-electron chi connectivity index (χ1n) is 7.06. The summed E-state index contributed by atoms with van der Waals surface area (Å²) in [6, 6.07) is 0. The highest BCUT2D eigenvalue weighted by Gasteiger charge is 2.29. The number of nitrogens with zero attached hydrogens (tertiary/aromatic N) is 3.